The van der Waals surface area contributed by atoms with E-state index in [4.69, 9.17) is 0 Å². The molecule has 2 heterocycles. The van der Waals surface area contributed by atoms with Crippen molar-refractivity contribution in [1.82, 2.24) is 14.2 Å². The average molecular weight is 375 g/mol. The van der Waals surface area contributed by atoms with Crippen LogP contribution < -0.4 is 5.32 Å². The lowest BCUT2D eigenvalue weighted by molar-refractivity contribution is -0.126. The van der Waals surface area contributed by atoms with Crippen LogP contribution in [0.1, 0.15) is 32.6 Å². The Balaban J connectivity index is 1.56. The zero-order valence-electron chi connectivity index (χ0n) is 15.0. The standard InChI is InChI=1S/C19H25N3O3S/c1-2-21-11-9-14-12-17(7-8-18(14)21)26(24,25)22-10-3-4-15(13-22)19(23)20-16-5-6-16/h7-9,11-12,15-16H,2-6,10,13H2,1H3,(H,20,23). The van der Waals surface area contributed by atoms with Crippen LogP contribution in [-0.2, 0) is 21.4 Å². The first-order valence-electron chi connectivity index (χ1n) is 9.38. The number of fused-ring (bicyclic) bond motifs is 1. The lowest BCUT2D eigenvalue weighted by Crippen LogP contribution is -2.45. The predicted molar refractivity (Wildman–Crippen MR) is 100 cm³/mol. The van der Waals surface area contributed by atoms with E-state index >= 15 is 0 Å². The number of aromatic nitrogens is 1. The van der Waals surface area contributed by atoms with Crippen LogP contribution in [-0.4, -0.2) is 42.3 Å². The van der Waals surface area contributed by atoms with E-state index in [1.54, 1.807) is 12.1 Å². The maximum absolute atomic E-state index is 13.1. The number of nitrogens with zero attached hydrogens (tertiary/aromatic N) is 2. The van der Waals surface area contributed by atoms with E-state index in [0.717, 1.165) is 43.1 Å². The first-order valence-corrected chi connectivity index (χ1v) is 10.8. The summed E-state index contributed by atoms with van der Waals surface area (Å²) in [7, 11) is -3.59. The fourth-order valence-corrected chi connectivity index (χ4v) is 5.24. The molecule has 1 atom stereocenters. The lowest BCUT2D eigenvalue weighted by Gasteiger charge is -2.31. The summed E-state index contributed by atoms with van der Waals surface area (Å²) in [4.78, 5) is 12.6. The van der Waals surface area contributed by atoms with Gasteiger partial charge in [-0.2, -0.15) is 4.31 Å². The van der Waals surface area contributed by atoms with Crippen LogP contribution in [0.2, 0.25) is 0 Å². The van der Waals surface area contributed by atoms with Crippen LogP contribution in [0.4, 0.5) is 0 Å². The molecule has 1 aromatic carbocycles. The van der Waals surface area contributed by atoms with Gasteiger partial charge in [-0.05, 0) is 56.9 Å². The van der Waals surface area contributed by atoms with Crippen LogP contribution in [0.25, 0.3) is 10.9 Å². The second-order valence-electron chi connectivity index (χ2n) is 7.31. The quantitative estimate of drug-likeness (QED) is 0.872. The van der Waals surface area contributed by atoms with Crippen molar-refractivity contribution in [1.29, 1.82) is 0 Å². The van der Waals surface area contributed by atoms with Gasteiger partial charge in [-0.1, -0.05) is 0 Å². The molecule has 7 heteroatoms. The zero-order chi connectivity index (χ0) is 18.3. The topological polar surface area (TPSA) is 71.4 Å². The molecule has 0 radical (unpaired) electrons. The Morgan fingerprint density at radius 1 is 1.23 bits per heavy atom. The number of amides is 1. The molecule has 2 fully saturated rings. The summed E-state index contributed by atoms with van der Waals surface area (Å²) in [5.41, 5.74) is 1.03. The van der Waals surface area contributed by atoms with Crippen molar-refractivity contribution in [3.05, 3.63) is 30.5 Å². The van der Waals surface area contributed by atoms with E-state index in [-0.39, 0.29) is 18.4 Å². The first kappa shape index (κ1) is 17.5. The number of nitrogens with one attached hydrogen (secondary N) is 1. The summed E-state index contributed by atoms with van der Waals surface area (Å²) in [6, 6.07) is 7.54. The van der Waals surface area contributed by atoms with Crippen molar-refractivity contribution in [3.63, 3.8) is 0 Å². The van der Waals surface area contributed by atoms with Gasteiger partial charge < -0.3 is 9.88 Å². The van der Waals surface area contributed by atoms with Crippen molar-refractivity contribution >= 4 is 26.8 Å². The van der Waals surface area contributed by atoms with Gasteiger partial charge in [0, 0.05) is 42.8 Å². The minimum atomic E-state index is -3.59. The number of benzene rings is 1. The van der Waals surface area contributed by atoms with Crippen molar-refractivity contribution < 1.29 is 13.2 Å². The third kappa shape index (κ3) is 3.25. The van der Waals surface area contributed by atoms with Crippen LogP contribution in [0.15, 0.2) is 35.4 Å². The van der Waals surface area contributed by atoms with Gasteiger partial charge >= 0.3 is 0 Å². The maximum atomic E-state index is 13.1. The third-order valence-corrected chi connectivity index (χ3v) is 7.26. The van der Waals surface area contributed by atoms with E-state index in [1.807, 2.05) is 18.3 Å². The molecule has 1 amide bonds. The fourth-order valence-electron chi connectivity index (χ4n) is 3.68. The van der Waals surface area contributed by atoms with E-state index in [2.05, 4.69) is 16.8 Å². The monoisotopic (exact) mass is 375 g/mol. The molecule has 26 heavy (non-hydrogen) atoms. The van der Waals surface area contributed by atoms with Crippen molar-refractivity contribution in [3.8, 4) is 0 Å². The first-order chi connectivity index (χ1) is 12.5. The number of carbonyl (C=O) groups excluding carboxylic acids is 1. The molecule has 0 spiro atoms. The summed E-state index contributed by atoms with van der Waals surface area (Å²) in [5, 5.41) is 3.93. The van der Waals surface area contributed by atoms with Gasteiger partial charge in [0.05, 0.1) is 10.8 Å². The van der Waals surface area contributed by atoms with Crippen LogP contribution in [0.3, 0.4) is 0 Å². The molecule has 1 aromatic heterocycles. The molecular formula is C19H25N3O3S. The van der Waals surface area contributed by atoms with Gasteiger partial charge in [0.15, 0.2) is 0 Å². The maximum Gasteiger partial charge on any atom is 0.243 e. The van der Waals surface area contributed by atoms with Crippen molar-refractivity contribution in [2.75, 3.05) is 13.1 Å². The van der Waals surface area contributed by atoms with E-state index in [0.29, 0.717) is 17.5 Å². The molecule has 2 aliphatic rings. The van der Waals surface area contributed by atoms with Gasteiger partial charge in [-0.3, -0.25) is 4.79 Å². The third-order valence-electron chi connectivity index (χ3n) is 5.40. The average Bonchev–Trinajstić information content (AvgIpc) is 3.37. The molecule has 1 unspecified atom stereocenters. The highest BCUT2D eigenvalue weighted by Crippen LogP contribution is 2.27. The molecule has 1 saturated carbocycles. The smallest absolute Gasteiger partial charge is 0.243 e. The summed E-state index contributed by atoms with van der Waals surface area (Å²) in [5.74, 6) is -0.244. The number of aryl methyl sites for hydroxylation is 1. The Labute approximate surface area is 154 Å². The van der Waals surface area contributed by atoms with E-state index in [1.165, 1.54) is 4.31 Å². The molecule has 4 rings (SSSR count). The Morgan fingerprint density at radius 2 is 2.04 bits per heavy atom. The second-order valence-corrected chi connectivity index (χ2v) is 9.25. The SMILES string of the molecule is CCn1ccc2cc(S(=O)(=O)N3CCCC(C(=O)NC4CC4)C3)ccc21. The number of carbonyl (C=O) groups is 1. The van der Waals surface area contributed by atoms with Crippen molar-refractivity contribution in [2.45, 2.75) is 50.1 Å². The number of rotatable bonds is 5. The second kappa shape index (κ2) is 6.70. The highest BCUT2D eigenvalue weighted by atomic mass is 32.2. The van der Waals surface area contributed by atoms with Crippen LogP contribution in [0.5, 0.6) is 0 Å². The largest absolute Gasteiger partial charge is 0.353 e. The molecule has 140 valence electrons. The normalized spacial score (nSPS) is 21.8. The van der Waals surface area contributed by atoms with E-state index in [9.17, 15) is 13.2 Å². The molecule has 2 aromatic rings. The summed E-state index contributed by atoms with van der Waals surface area (Å²) < 4.78 is 29.8. The summed E-state index contributed by atoms with van der Waals surface area (Å²) in [6.07, 6.45) is 5.52. The van der Waals surface area contributed by atoms with Crippen LogP contribution >= 0.6 is 0 Å². The number of hydrogen-bond acceptors (Lipinski definition) is 3. The number of piperidine rings is 1. The Morgan fingerprint density at radius 3 is 2.77 bits per heavy atom. The van der Waals surface area contributed by atoms with Gasteiger partial charge in [0.1, 0.15) is 0 Å². The Bertz CT molecular complexity index is 931. The molecule has 1 aliphatic heterocycles. The molecular weight excluding hydrogens is 350 g/mol. The highest BCUT2D eigenvalue weighted by Gasteiger charge is 2.35. The van der Waals surface area contributed by atoms with Crippen molar-refractivity contribution in [2.24, 2.45) is 5.92 Å². The number of hydrogen-bond donors (Lipinski definition) is 1. The summed E-state index contributed by atoms with van der Waals surface area (Å²) >= 11 is 0. The molecule has 0 bridgehead atoms. The minimum absolute atomic E-state index is 0.00266. The Kier molecular flexibility index (Phi) is 4.52. The van der Waals surface area contributed by atoms with Gasteiger partial charge in [0.2, 0.25) is 15.9 Å². The lowest BCUT2D eigenvalue weighted by atomic mass is 9.99. The minimum Gasteiger partial charge on any atom is -0.353 e. The van der Waals surface area contributed by atoms with Gasteiger partial charge in [-0.15, -0.1) is 0 Å². The molecule has 6 nitrogen and oxygen atoms in total. The molecule has 1 aliphatic carbocycles. The van der Waals surface area contributed by atoms with E-state index < -0.39 is 10.0 Å². The van der Waals surface area contributed by atoms with Crippen LogP contribution in [0, 0.1) is 5.92 Å². The fraction of sp³-hybridized carbons (Fsp3) is 0.526. The predicted octanol–water partition coefficient (Wildman–Crippen LogP) is 2.34. The molecule has 1 saturated heterocycles. The highest BCUT2D eigenvalue weighted by molar-refractivity contribution is 7.89. The number of sulfonamides is 1. The van der Waals surface area contributed by atoms with Gasteiger partial charge in [-0.25, -0.2) is 8.42 Å². The Hall–Kier alpha value is -1.86. The summed E-state index contributed by atoms with van der Waals surface area (Å²) in [6.45, 7) is 3.66. The zero-order valence-corrected chi connectivity index (χ0v) is 15.8. The molecule has 1 N–H and O–H groups in total. The van der Waals surface area contributed by atoms with Gasteiger partial charge in [0.25, 0.3) is 0 Å².